The van der Waals surface area contributed by atoms with Gasteiger partial charge in [0.15, 0.2) is 0 Å². The number of carbonyl (C=O) groups excluding carboxylic acids is 1. The van der Waals surface area contributed by atoms with Crippen molar-refractivity contribution in [2.75, 3.05) is 5.75 Å². The lowest BCUT2D eigenvalue weighted by Gasteiger charge is -2.10. The number of hydrogen-bond donors (Lipinski definition) is 0. The average Bonchev–Trinajstić information content (AvgIpc) is 2.74. The minimum Gasteiger partial charge on any atom is -0.457 e. The van der Waals surface area contributed by atoms with E-state index in [1.54, 1.807) is 30.3 Å². The van der Waals surface area contributed by atoms with Crippen molar-refractivity contribution in [3.63, 3.8) is 0 Å². The molecule has 0 amide bonds. The Morgan fingerprint density at radius 2 is 1.82 bits per heavy atom. The zero-order chi connectivity index (χ0) is 15.7. The monoisotopic (exact) mass is 322 g/mol. The van der Waals surface area contributed by atoms with Crippen LogP contribution in [0.15, 0.2) is 48.5 Å². The summed E-state index contributed by atoms with van der Waals surface area (Å²) in [6.07, 6.45) is -1.16. The molecule has 114 valence electrons. The largest absolute Gasteiger partial charge is 0.457 e. The summed E-state index contributed by atoms with van der Waals surface area (Å²) >= 11 is 0. The molecule has 1 atom stereocenters. The van der Waals surface area contributed by atoms with Crippen LogP contribution >= 0.6 is 0 Å². The smallest absolute Gasteiger partial charge is 0.339 e. The fraction of sp³-hybridized carbons (Fsp3) is 0.133. The summed E-state index contributed by atoms with van der Waals surface area (Å²) in [5.41, 5.74) is 0.522. The summed E-state index contributed by atoms with van der Waals surface area (Å²) in [7, 11) is -4.76. The minimum absolute atomic E-state index is 0.217. The lowest BCUT2D eigenvalue weighted by molar-refractivity contribution is 0.0426. The Labute approximate surface area is 126 Å². The number of benzene rings is 2. The molecule has 5 nitrogen and oxygen atoms in total. The van der Waals surface area contributed by atoms with Crippen molar-refractivity contribution < 1.29 is 26.6 Å². The Bertz CT molecular complexity index is 817. The molecule has 3 rings (SSSR count). The summed E-state index contributed by atoms with van der Waals surface area (Å²) in [6, 6.07) is 13.5. The first-order valence-electron chi connectivity index (χ1n) is 6.42. The van der Waals surface area contributed by atoms with Crippen LogP contribution in [0.5, 0.6) is 11.5 Å². The van der Waals surface area contributed by atoms with Gasteiger partial charge in [0, 0.05) is 5.56 Å². The Morgan fingerprint density at radius 1 is 1.09 bits per heavy atom. The Kier molecular flexibility index (Phi) is 3.58. The van der Waals surface area contributed by atoms with Gasteiger partial charge in [0.2, 0.25) is 0 Å². The van der Waals surface area contributed by atoms with Gasteiger partial charge in [-0.25, -0.2) is 4.79 Å². The van der Waals surface area contributed by atoms with Crippen molar-refractivity contribution in [2.45, 2.75) is 6.10 Å². The minimum atomic E-state index is -4.76. The third-order valence-corrected chi connectivity index (χ3v) is 3.87. The van der Waals surface area contributed by atoms with Crippen molar-refractivity contribution in [3.8, 4) is 11.5 Å². The Balaban J connectivity index is 1.91. The molecule has 0 spiro atoms. The van der Waals surface area contributed by atoms with E-state index in [9.17, 15) is 17.1 Å². The molecule has 1 aliphatic rings. The van der Waals surface area contributed by atoms with Crippen LogP contribution in [-0.4, -0.2) is 20.1 Å². The van der Waals surface area contributed by atoms with E-state index in [4.69, 9.17) is 9.47 Å². The van der Waals surface area contributed by atoms with Crippen LogP contribution in [0.1, 0.15) is 22.0 Å². The molecule has 2 aromatic carbocycles. The zero-order valence-electron chi connectivity index (χ0n) is 11.2. The van der Waals surface area contributed by atoms with Gasteiger partial charge >= 0.3 is 16.2 Å². The van der Waals surface area contributed by atoms with E-state index >= 15 is 0 Å². The van der Waals surface area contributed by atoms with Gasteiger partial charge in [-0.1, -0.05) is 18.2 Å². The van der Waals surface area contributed by atoms with Crippen molar-refractivity contribution in [3.05, 3.63) is 59.7 Å². The van der Waals surface area contributed by atoms with Gasteiger partial charge < -0.3 is 9.47 Å². The molecule has 22 heavy (non-hydrogen) atoms. The van der Waals surface area contributed by atoms with Gasteiger partial charge in [-0.2, -0.15) is 8.42 Å². The van der Waals surface area contributed by atoms with Crippen molar-refractivity contribution in [1.82, 2.24) is 0 Å². The molecule has 7 heteroatoms. The van der Waals surface area contributed by atoms with E-state index in [1.807, 2.05) is 6.07 Å². The molecule has 0 fully saturated rings. The topological polar surface area (TPSA) is 69.7 Å². The zero-order valence-corrected chi connectivity index (χ0v) is 12.0. The maximum atomic E-state index is 12.9. The first kappa shape index (κ1) is 14.5. The Hall–Kier alpha value is -2.41. The first-order valence-corrected chi connectivity index (χ1v) is 7.98. The number of cyclic esters (lactones) is 1. The van der Waals surface area contributed by atoms with Crippen LogP contribution in [0.3, 0.4) is 0 Å². The van der Waals surface area contributed by atoms with E-state index < -0.39 is 28.0 Å². The number of rotatable bonds is 4. The summed E-state index contributed by atoms with van der Waals surface area (Å²) in [4.78, 5) is 11.7. The van der Waals surface area contributed by atoms with Gasteiger partial charge in [-0.3, -0.25) is 0 Å². The maximum Gasteiger partial charge on any atom is 0.339 e. The highest BCUT2D eigenvalue weighted by Crippen LogP contribution is 2.35. The van der Waals surface area contributed by atoms with Gasteiger partial charge in [0.25, 0.3) is 0 Å². The lowest BCUT2D eigenvalue weighted by atomic mass is 10.1. The standard InChI is InChI=1S/C15H11FO5S/c16-22(18,19)9-14-13-8-11(6-7-12(13)15(17)21-14)20-10-4-2-1-3-5-10/h1-8,14H,9H2/t14-/m1/s1. The van der Waals surface area contributed by atoms with Crippen LogP contribution in [0.2, 0.25) is 0 Å². The molecule has 0 saturated heterocycles. The predicted molar refractivity (Wildman–Crippen MR) is 76.0 cm³/mol. The highest BCUT2D eigenvalue weighted by atomic mass is 32.3. The molecule has 0 bridgehead atoms. The highest BCUT2D eigenvalue weighted by molar-refractivity contribution is 7.86. The third-order valence-electron chi connectivity index (χ3n) is 3.17. The summed E-state index contributed by atoms with van der Waals surface area (Å²) < 4.78 is 44.9. The third kappa shape index (κ3) is 3.09. The number of carbonyl (C=O) groups is 1. The van der Waals surface area contributed by atoms with Crippen molar-refractivity contribution in [2.24, 2.45) is 0 Å². The molecular formula is C15H11FO5S. The molecule has 2 aromatic rings. The van der Waals surface area contributed by atoms with Crippen LogP contribution < -0.4 is 4.74 Å². The molecule has 0 saturated carbocycles. The fourth-order valence-corrected chi connectivity index (χ4v) is 2.85. The van der Waals surface area contributed by atoms with Crippen LogP contribution in [0.4, 0.5) is 3.89 Å². The second-order valence-corrected chi connectivity index (χ2v) is 6.17. The van der Waals surface area contributed by atoms with Gasteiger partial charge in [0.05, 0.1) is 5.56 Å². The van der Waals surface area contributed by atoms with Gasteiger partial charge in [-0.15, -0.1) is 3.89 Å². The Morgan fingerprint density at radius 3 is 2.50 bits per heavy atom. The number of halogens is 1. The summed E-state index contributed by atoms with van der Waals surface area (Å²) in [5.74, 6) is -0.581. The molecule has 0 unspecified atom stereocenters. The molecule has 0 radical (unpaired) electrons. The normalized spacial score (nSPS) is 17.0. The summed E-state index contributed by atoms with van der Waals surface area (Å²) in [5, 5.41) is 0. The van der Waals surface area contributed by atoms with Crippen LogP contribution in [0, 0.1) is 0 Å². The van der Waals surface area contributed by atoms with Gasteiger partial charge in [0.1, 0.15) is 23.4 Å². The van der Waals surface area contributed by atoms with Crippen LogP contribution in [-0.2, 0) is 15.0 Å². The van der Waals surface area contributed by atoms with E-state index in [-0.39, 0.29) is 5.56 Å². The molecule has 1 heterocycles. The molecule has 0 N–H and O–H groups in total. The fourth-order valence-electron chi connectivity index (χ4n) is 2.24. The van der Waals surface area contributed by atoms with Gasteiger partial charge in [-0.05, 0) is 30.3 Å². The predicted octanol–water partition coefficient (Wildman–Crippen LogP) is 2.99. The van der Waals surface area contributed by atoms with Crippen LogP contribution in [0.25, 0.3) is 0 Å². The van der Waals surface area contributed by atoms with Crippen molar-refractivity contribution >= 4 is 16.2 Å². The molecule has 0 aliphatic carbocycles. The molecular weight excluding hydrogens is 311 g/mol. The van der Waals surface area contributed by atoms with E-state index in [0.29, 0.717) is 17.1 Å². The number of hydrogen-bond acceptors (Lipinski definition) is 5. The summed E-state index contributed by atoms with van der Waals surface area (Å²) in [6.45, 7) is 0. The second kappa shape index (κ2) is 5.42. The lowest BCUT2D eigenvalue weighted by Crippen LogP contribution is -2.10. The number of ether oxygens (including phenoxy) is 2. The number of esters is 1. The highest BCUT2D eigenvalue weighted by Gasteiger charge is 2.34. The number of para-hydroxylation sites is 1. The molecule has 0 aromatic heterocycles. The quantitative estimate of drug-likeness (QED) is 0.639. The second-order valence-electron chi connectivity index (χ2n) is 4.76. The maximum absolute atomic E-state index is 12.9. The van der Waals surface area contributed by atoms with E-state index in [2.05, 4.69) is 0 Å². The van der Waals surface area contributed by atoms with E-state index in [0.717, 1.165) is 0 Å². The first-order chi connectivity index (χ1) is 10.4. The number of fused-ring (bicyclic) bond motifs is 1. The SMILES string of the molecule is O=C1O[C@H](CS(=O)(=O)F)c2cc(Oc3ccccc3)ccc21. The average molecular weight is 322 g/mol. The molecule has 1 aliphatic heterocycles. The van der Waals surface area contributed by atoms with E-state index in [1.165, 1.54) is 12.1 Å². The van der Waals surface area contributed by atoms with Crippen molar-refractivity contribution in [1.29, 1.82) is 0 Å².